The minimum atomic E-state index is -0.985. The van der Waals surface area contributed by atoms with Gasteiger partial charge in [0.05, 0.1) is 17.8 Å². The number of phenols is 1. The van der Waals surface area contributed by atoms with Crippen LogP contribution in [0.4, 0.5) is 0 Å². The second-order valence-electron chi connectivity index (χ2n) is 15.2. The van der Waals surface area contributed by atoms with Crippen LogP contribution in [0, 0.1) is 17.8 Å². The topological polar surface area (TPSA) is 178 Å². The number of benzene rings is 1. The fraction of sp³-hybridized carbons (Fsp3) is 0.650. The van der Waals surface area contributed by atoms with Crippen molar-refractivity contribution in [3.8, 4) is 5.75 Å². The van der Waals surface area contributed by atoms with Gasteiger partial charge in [-0.1, -0.05) is 59.6 Å². The highest BCUT2D eigenvalue weighted by atomic mass is 32.2. The standard InChI is InChI=1S/C40H61N5O8S3/c1-8-25(4)35(43-37(49)32-11-9-10-16-44(32)7)39(50)45(23-55-18-17-54)33(24(2)3)21-34(53-27(6)46)38-42-31(22-56-38)36(48)41-29(19-26(5)40(51)52)20-28-12-14-30(47)15-13-28/h12-15,22,24-26,29,32-35,47,54H,8-11,16-21,23H2,1-7H3,(H,41,48)(H,43,49)(H,51,52)/t25?,26-,29+,32+,33+,34+,35-/m0/s1. The molecule has 2 heterocycles. The summed E-state index contributed by atoms with van der Waals surface area (Å²) < 4.78 is 5.86. The summed E-state index contributed by atoms with van der Waals surface area (Å²) in [5.74, 6) is -1.61. The Labute approximate surface area is 345 Å². The van der Waals surface area contributed by atoms with E-state index in [4.69, 9.17) is 4.74 Å². The molecular weight excluding hydrogens is 775 g/mol. The van der Waals surface area contributed by atoms with E-state index in [2.05, 4.69) is 28.2 Å². The SMILES string of the molecule is CCC(C)[C@H](NC(=O)[C@H]1CCCCN1C)C(=O)N(CSCCS)[C@H](C[C@@H](OC(C)=O)c1nc(C(=O)N[C@@H](Cc2ccc(O)cc2)C[C@H](C)C(=O)O)cs1)C(C)C. The quantitative estimate of drug-likeness (QED) is 0.0420. The third kappa shape index (κ3) is 14.2. The summed E-state index contributed by atoms with van der Waals surface area (Å²) in [6.07, 6.45) is 3.20. The molecule has 7 atom stereocenters. The molecule has 1 aliphatic heterocycles. The molecule has 16 heteroatoms. The summed E-state index contributed by atoms with van der Waals surface area (Å²) in [7, 11) is 1.94. The Hall–Kier alpha value is -3.34. The van der Waals surface area contributed by atoms with Crippen molar-refractivity contribution in [3.63, 3.8) is 0 Å². The summed E-state index contributed by atoms with van der Waals surface area (Å²) in [5, 5.41) is 27.3. The van der Waals surface area contributed by atoms with E-state index in [9.17, 15) is 34.2 Å². The lowest BCUT2D eigenvalue weighted by Gasteiger charge is -2.40. The highest BCUT2D eigenvalue weighted by Crippen LogP contribution is 2.32. The van der Waals surface area contributed by atoms with Gasteiger partial charge in [0.2, 0.25) is 11.8 Å². The number of esters is 1. The van der Waals surface area contributed by atoms with Crippen LogP contribution in [0.2, 0.25) is 0 Å². The van der Waals surface area contributed by atoms with Crippen LogP contribution in [-0.2, 0) is 30.3 Å². The number of thiazole rings is 1. The lowest BCUT2D eigenvalue weighted by Crippen LogP contribution is -2.58. The van der Waals surface area contributed by atoms with E-state index < -0.39 is 48.0 Å². The molecule has 1 aromatic carbocycles. The molecule has 1 fully saturated rings. The first-order valence-corrected chi connectivity index (χ1v) is 22.2. The number of aromatic nitrogens is 1. The number of carboxylic acids is 1. The molecule has 1 aromatic heterocycles. The number of piperidine rings is 1. The van der Waals surface area contributed by atoms with E-state index in [-0.39, 0.29) is 54.0 Å². The number of carbonyl (C=O) groups is 5. The zero-order valence-electron chi connectivity index (χ0n) is 33.7. The number of carboxylic acid groups (broad SMARTS) is 1. The van der Waals surface area contributed by atoms with Crippen molar-refractivity contribution in [2.75, 3.05) is 31.0 Å². The molecule has 3 rings (SSSR count). The number of likely N-dealkylation sites (tertiary alicyclic amines) is 1. The number of hydrogen-bond acceptors (Lipinski definition) is 12. The zero-order chi connectivity index (χ0) is 41.5. The van der Waals surface area contributed by atoms with Crippen LogP contribution >= 0.6 is 35.7 Å². The maximum atomic E-state index is 14.7. The highest BCUT2D eigenvalue weighted by Gasteiger charge is 2.39. The van der Waals surface area contributed by atoms with Crippen molar-refractivity contribution in [1.82, 2.24) is 25.4 Å². The second kappa shape index (κ2) is 23.2. The number of phenolic OH excluding ortho intramolecular Hbond substituents is 1. The van der Waals surface area contributed by atoms with Gasteiger partial charge in [-0.15, -0.1) is 23.1 Å². The fourth-order valence-corrected chi connectivity index (χ4v) is 8.88. The van der Waals surface area contributed by atoms with Gasteiger partial charge in [0.1, 0.15) is 22.5 Å². The molecule has 56 heavy (non-hydrogen) atoms. The van der Waals surface area contributed by atoms with Gasteiger partial charge in [0.15, 0.2) is 6.10 Å². The number of rotatable bonds is 22. The Bertz CT molecular complexity index is 1590. The average Bonchev–Trinajstić information content (AvgIpc) is 3.65. The predicted molar refractivity (Wildman–Crippen MR) is 224 cm³/mol. The number of aromatic hydroxyl groups is 1. The summed E-state index contributed by atoms with van der Waals surface area (Å²) in [6.45, 7) is 11.7. The third-order valence-corrected chi connectivity index (χ3v) is 12.8. The molecule has 0 saturated carbocycles. The number of likely N-dealkylation sites (N-methyl/N-ethyl adjacent to an activating group) is 1. The van der Waals surface area contributed by atoms with Gasteiger partial charge in [0.25, 0.3) is 5.91 Å². The minimum Gasteiger partial charge on any atom is -0.508 e. The molecule has 13 nitrogen and oxygen atoms in total. The van der Waals surface area contributed by atoms with Crippen molar-refractivity contribution in [3.05, 3.63) is 45.9 Å². The molecule has 0 spiro atoms. The predicted octanol–water partition coefficient (Wildman–Crippen LogP) is 5.78. The molecule has 0 bridgehead atoms. The van der Waals surface area contributed by atoms with Gasteiger partial charge in [-0.25, -0.2) is 4.98 Å². The van der Waals surface area contributed by atoms with E-state index >= 15 is 0 Å². The number of nitrogens with one attached hydrogen (secondary N) is 2. The van der Waals surface area contributed by atoms with Crippen molar-refractivity contribution in [2.45, 2.75) is 117 Å². The first-order chi connectivity index (χ1) is 26.6. The van der Waals surface area contributed by atoms with Gasteiger partial charge >= 0.3 is 11.9 Å². The van der Waals surface area contributed by atoms with Crippen LogP contribution < -0.4 is 10.6 Å². The second-order valence-corrected chi connectivity index (χ2v) is 17.6. The van der Waals surface area contributed by atoms with Crippen molar-refractivity contribution < 1.29 is 38.9 Å². The lowest BCUT2D eigenvalue weighted by molar-refractivity contribution is -0.149. The summed E-state index contributed by atoms with van der Waals surface area (Å²) in [4.78, 5) is 74.7. The third-order valence-electron chi connectivity index (χ3n) is 10.4. The number of thioether (sulfide) groups is 1. The molecule has 312 valence electrons. The Morgan fingerprint density at radius 2 is 1.79 bits per heavy atom. The lowest BCUT2D eigenvalue weighted by atomic mass is 9.92. The minimum absolute atomic E-state index is 0.0893. The molecule has 2 aromatic rings. The van der Waals surface area contributed by atoms with E-state index in [1.54, 1.807) is 41.1 Å². The largest absolute Gasteiger partial charge is 0.508 e. The van der Waals surface area contributed by atoms with Gasteiger partial charge in [-0.2, -0.15) is 12.6 Å². The Balaban J connectivity index is 1.91. The van der Waals surface area contributed by atoms with Gasteiger partial charge in [-0.05, 0) is 74.6 Å². The van der Waals surface area contributed by atoms with Crippen LogP contribution in [0.3, 0.4) is 0 Å². The number of amides is 3. The maximum absolute atomic E-state index is 14.7. The smallest absolute Gasteiger partial charge is 0.306 e. The monoisotopic (exact) mass is 835 g/mol. The normalized spacial score (nSPS) is 17.9. The van der Waals surface area contributed by atoms with Gasteiger partial charge in [0, 0.05) is 36.6 Å². The van der Waals surface area contributed by atoms with Crippen molar-refractivity contribution in [1.29, 1.82) is 0 Å². The van der Waals surface area contributed by atoms with E-state index in [0.717, 1.165) is 42.7 Å². The summed E-state index contributed by atoms with van der Waals surface area (Å²) in [6, 6.07) is 4.45. The van der Waals surface area contributed by atoms with E-state index in [0.29, 0.717) is 35.2 Å². The molecule has 1 unspecified atom stereocenters. The fourth-order valence-electron chi connectivity index (χ4n) is 6.88. The number of carbonyl (C=O) groups excluding carboxylic acids is 4. The Morgan fingerprint density at radius 1 is 1.09 bits per heavy atom. The van der Waals surface area contributed by atoms with Gasteiger partial charge < -0.3 is 30.5 Å². The zero-order valence-corrected chi connectivity index (χ0v) is 36.3. The van der Waals surface area contributed by atoms with Crippen LogP contribution in [0.25, 0.3) is 0 Å². The maximum Gasteiger partial charge on any atom is 0.306 e. The molecule has 4 N–H and O–H groups in total. The number of thiol groups is 1. The summed E-state index contributed by atoms with van der Waals surface area (Å²) in [5.41, 5.74) is 0.897. The molecule has 1 aliphatic rings. The highest BCUT2D eigenvalue weighted by molar-refractivity contribution is 7.99. The first kappa shape index (κ1) is 47.0. The average molecular weight is 836 g/mol. The van der Waals surface area contributed by atoms with Crippen LogP contribution in [0.15, 0.2) is 29.6 Å². The molecule has 1 saturated heterocycles. The van der Waals surface area contributed by atoms with Gasteiger partial charge in [-0.3, -0.25) is 28.9 Å². The van der Waals surface area contributed by atoms with Crippen LogP contribution in [0.5, 0.6) is 5.75 Å². The van der Waals surface area contributed by atoms with Crippen molar-refractivity contribution >= 4 is 65.4 Å². The molecular formula is C40H61N5O8S3. The number of aliphatic carboxylic acids is 1. The number of hydrogen-bond donors (Lipinski definition) is 5. The van der Waals surface area contributed by atoms with E-state index in [1.807, 2.05) is 39.6 Å². The van der Waals surface area contributed by atoms with Crippen molar-refractivity contribution in [2.24, 2.45) is 17.8 Å². The summed E-state index contributed by atoms with van der Waals surface area (Å²) >= 11 is 7.11. The first-order valence-electron chi connectivity index (χ1n) is 19.5. The Morgan fingerprint density at radius 3 is 2.38 bits per heavy atom. The molecule has 0 aliphatic carbocycles. The molecule has 0 radical (unpaired) electrons. The number of ether oxygens (including phenoxy) is 1. The van der Waals surface area contributed by atoms with Crippen LogP contribution in [0.1, 0.15) is 107 Å². The molecule has 3 amide bonds. The Kier molecular flexibility index (Phi) is 19.5. The van der Waals surface area contributed by atoms with Crippen LogP contribution in [-0.4, -0.2) is 110 Å². The van der Waals surface area contributed by atoms with E-state index in [1.165, 1.54) is 19.1 Å². The number of nitrogens with zero attached hydrogens (tertiary/aromatic N) is 3.